The second kappa shape index (κ2) is 5.47. The van der Waals surface area contributed by atoms with Crippen LogP contribution in [-0.2, 0) is 0 Å². The standard InChI is InChI=1S/C12H13F2N/c1-3-4-8-15-9(2)12-10(13)6-5-7-11(12)14/h5-7,9,15H,8H2,1-2H3. The molecular weight excluding hydrogens is 196 g/mol. The Kier molecular flexibility index (Phi) is 4.26. The van der Waals surface area contributed by atoms with E-state index in [0.29, 0.717) is 6.54 Å². The van der Waals surface area contributed by atoms with Gasteiger partial charge in [-0.1, -0.05) is 12.0 Å². The first-order valence-electron chi connectivity index (χ1n) is 4.73. The minimum Gasteiger partial charge on any atom is -0.299 e. The molecule has 0 radical (unpaired) electrons. The number of halogens is 2. The van der Waals surface area contributed by atoms with Crippen LogP contribution < -0.4 is 5.32 Å². The van der Waals surface area contributed by atoms with E-state index in [9.17, 15) is 8.78 Å². The lowest BCUT2D eigenvalue weighted by atomic mass is 10.1. The van der Waals surface area contributed by atoms with Crippen LogP contribution in [-0.4, -0.2) is 6.54 Å². The molecule has 0 aromatic heterocycles. The molecule has 0 aliphatic heterocycles. The van der Waals surface area contributed by atoms with Crippen LogP contribution >= 0.6 is 0 Å². The molecule has 0 spiro atoms. The first-order chi connectivity index (χ1) is 7.16. The Bertz CT molecular complexity index is 370. The summed E-state index contributed by atoms with van der Waals surface area (Å²) in [6.07, 6.45) is 0. The van der Waals surface area contributed by atoms with E-state index in [1.54, 1.807) is 13.8 Å². The quantitative estimate of drug-likeness (QED) is 0.754. The van der Waals surface area contributed by atoms with Crippen LogP contribution in [0.15, 0.2) is 18.2 Å². The summed E-state index contributed by atoms with van der Waals surface area (Å²) in [7, 11) is 0. The zero-order valence-electron chi connectivity index (χ0n) is 8.77. The van der Waals surface area contributed by atoms with Gasteiger partial charge in [0.25, 0.3) is 0 Å². The molecule has 0 heterocycles. The van der Waals surface area contributed by atoms with E-state index >= 15 is 0 Å². The molecule has 0 fully saturated rings. The molecule has 1 rings (SSSR count). The topological polar surface area (TPSA) is 12.0 Å². The van der Waals surface area contributed by atoms with Gasteiger partial charge in [-0.25, -0.2) is 8.78 Å². The van der Waals surface area contributed by atoms with Crippen LogP contribution in [0, 0.1) is 23.5 Å². The van der Waals surface area contributed by atoms with Crippen LogP contribution in [0.1, 0.15) is 25.5 Å². The summed E-state index contributed by atoms with van der Waals surface area (Å²) in [6.45, 7) is 3.85. The van der Waals surface area contributed by atoms with Gasteiger partial charge in [-0.2, -0.15) is 0 Å². The molecule has 1 nitrogen and oxygen atoms in total. The molecule has 0 bridgehead atoms. The summed E-state index contributed by atoms with van der Waals surface area (Å²) in [5.74, 6) is 4.43. The fraction of sp³-hybridized carbons (Fsp3) is 0.333. The summed E-state index contributed by atoms with van der Waals surface area (Å²) < 4.78 is 26.6. The van der Waals surface area contributed by atoms with E-state index in [4.69, 9.17) is 0 Å². The molecule has 80 valence electrons. The van der Waals surface area contributed by atoms with Crippen molar-refractivity contribution in [2.24, 2.45) is 0 Å². The Labute approximate surface area is 88.5 Å². The molecule has 1 aromatic rings. The van der Waals surface area contributed by atoms with Gasteiger partial charge >= 0.3 is 0 Å². The van der Waals surface area contributed by atoms with Crippen molar-refractivity contribution in [3.63, 3.8) is 0 Å². The lowest BCUT2D eigenvalue weighted by Crippen LogP contribution is -2.21. The Morgan fingerprint density at radius 1 is 1.33 bits per heavy atom. The molecule has 0 amide bonds. The van der Waals surface area contributed by atoms with E-state index in [1.807, 2.05) is 0 Å². The lowest BCUT2D eigenvalue weighted by molar-refractivity contribution is 0.503. The van der Waals surface area contributed by atoms with Gasteiger partial charge in [0, 0.05) is 11.6 Å². The molecule has 1 N–H and O–H groups in total. The highest BCUT2D eigenvalue weighted by Crippen LogP contribution is 2.19. The molecule has 0 aliphatic carbocycles. The minimum absolute atomic E-state index is 0.0652. The highest BCUT2D eigenvalue weighted by molar-refractivity contribution is 5.23. The first kappa shape index (κ1) is 11.7. The molecule has 0 saturated heterocycles. The van der Waals surface area contributed by atoms with Crippen molar-refractivity contribution < 1.29 is 8.78 Å². The van der Waals surface area contributed by atoms with Crippen molar-refractivity contribution in [1.82, 2.24) is 5.32 Å². The molecular formula is C12H13F2N. The number of nitrogens with one attached hydrogen (secondary N) is 1. The van der Waals surface area contributed by atoms with Crippen molar-refractivity contribution in [1.29, 1.82) is 0 Å². The Morgan fingerprint density at radius 3 is 2.47 bits per heavy atom. The van der Waals surface area contributed by atoms with Gasteiger partial charge in [-0.05, 0) is 26.0 Å². The molecule has 1 aromatic carbocycles. The summed E-state index contributed by atoms with van der Waals surface area (Å²) >= 11 is 0. The molecule has 0 saturated carbocycles. The predicted molar refractivity (Wildman–Crippen MR) is 56.2 cm³/mol. The number of rotatable bonds is 3. The third kappa shape index (κ3) is 3.03. The highest BCUT2D eigenvalue weighted by Gasteiger charge is 2.14. The van der Waals surface area contributed by atoms with Crippen molar-refractivity contribution in [2.45, 2.75) is 19.9 Å². The van der Waals surface area contributed by atoms with Crippen LogP contribution in [0.25, 0.3) is 0 Å². The molecule has 1 atom stereocenters. The maximum atomic E-state index is 13.3. The Hall–Kier alpha value is -1.40. The summed E-state index contributed by atoms with van der Waals surface area (Å²) in [6, 6.07) is 3.48. The van der Waals surface area contributed by atoms with Gasteiger partial charge < -0.3 is 0 Å². The third-order valence-electron chi connectivity index (χ3n) is 2.11. The zero-order valence-corrected chi connectivity index (χ0v) is 8.77. The van der Waals surface area contributed by atoms with Gasteiger partial charge in [0.05, 0.1) is 6.54 Å². The second-order valence-corrected chi connectivity index (χ2v) is 3.16. The van der Waals surface area contributed by atoms with Gasteiger partial charge in [-0.15, -0.1) is 5.92 Å². The molecule has 1 unspecified atom stereocenters. The van der Waals surface area contributed by atoms with Gasteiger partial charge in [0.2, 0.25) is 0 Å². The SMILES string of the molecule is CC#CCNC(C)c1c(F)cccc1F. The smallest absolute Gasteiger partial charge is 0.130 e. The largest absolute Gasteiger partial charge is 0.299 e. The van der Waals surface area contributed by atoms with Crippen LogP contribution in [0.5, 0.6) is 0 Å². The fourth-order valence-corrected chi connectivity index (χ4v) is 1.32. The van der Waals surface area contributed by atoms with Gasteiger partial charge in [0.15, 0.2) is 0 Å². The summed E-state index contributed by atoms with van der Waals surface area (Å²) in [5, 5.41) is 2.93. The van der Waals surface area contributed by atoms with Crippen molar-refractivity contribution in [3.05, 3.63) is 35.4 Å². The second-order valence-electron chi connectivity index (χ2n) is 3.16. The van der Waals surface area contributed by atoms with E-state index in [2.05, 4.69) is 17.2 Å². The molecule has 0 aliphatic rings. The predicted octanol–water partition coefficient (Wildman–Crippen LogP) is 2.64. The van der Waals surface area contributed by atoms with E-state index in [-0.39, 0.29) is 11.6 Å². The van der Waals surface area contributed by atoms with Gasteiger partial charge in [-0.3, -0.25) is 5.32 Å². The maximum Gasteiger partial charge on any atom is 0.130 e. The van der Waals surface area contributed by atoms with E-state index in [0.717, 1.165) is 0 Å². The minimum atomic E-state index is -0.528. The van der Waals surface area contributed by atoms with Crippen molar-refractivity contribution in [3.8, 4) is 11.8 Å². The average Bonchev–Trinajstić information content (AvgIpc) is 2.18. The normalized spacial score (nSPS) is 11.7. The number of hydrogen-bond acceptors (Lipinski definition) is 1. The zero-order chi connectivity index (χ0) is 11.3. The third-order valence-corrected chi connectivity index (χ3v) is 2.11. The monoisotopic (exact) mass is 209 g/mol. The number of hydrogen-bond donors (Lipinski definition) is 1. The highest BCUT2D eigenvalue weighted by atomic mass is 19.1. The van der Waals surface area contributed by atoms with E-state index < -0.39 is 11.6 Å². The molecule has 3 heteroatoms. The maximum absolute atomic E-state index is 13.3. The summed E-state index contributed by atoms with van der Waals surface area (Å²) in [5.41, 5.74) is 0.0652. The first-order valence-corrected chi connectivity index (χ1v) is 4.73. The van der Waals surface area contributed by atoms with Crippen LogP contribution in [0.4, 0.5) is 8.78 Å². The van der Waals surface area contributed by atoms with Crippen LogP contribution in [0.2, 0.25) is 0 Å². The van der Waals surface area contributed by atoms with Crippen molar-refractivity contribution in [2.75, 3.05) is 6.54 Å². The lowest BCUT2D eigenvalue weighted by Gasteiger charge is -2.13. The van der Waals surface area contributed by atoms with Crippen molar-refractivity contribution >= 4 is 0 Å². The summed E-state index contributed by atoms with van der Waals surface area (Å²) in [4.78, 5) is 0. The fourth-order valence-electron chi connectivity index (χ4n) is 1.32. The van der Waals surface area contributed by atoms with E-state index in [1.165, 1.54) is 18.2 Å². The Balaban J connectivity index is 2.79. The van der Waals surface area contributed by atoms with Crippen LogP contribution in [0.3, 0.4) is 0 Å². The molecule has 15 heavy (non-hydrogen) atoms. The van der Waals surface area contributed by atoms with Gasteiger partial charge in [0.1, 0.15) is 11.6 Å². The average molecular weight is 209 g/mol. The Morgan fingerprint density at radius 2 is 1.93 bits per heavy atom. The number of benzene rings is 1.